The SMILES string of the molecule is NCc1coc(C2CCCO2)n1. The highest BCUT2D eigenvalue weighted by molar-refractivity contribution is 4.98. The second-order valence-corrected chi connectivity index (χ2v) is 2.88. The maximum atomic E-state index is 5.40. The molecule has 12 heavy (non-hydrogen) atoms. The number of nitrogens with two attached hydrogens (primary N) is 1. The summed E-state index contributed by atoms with van der Waals surface area (Å²) in [5, 5.41) is 0. The van der Waals surface area contributed by atoms with Crippen molar-refractivity contribution in [2.24, 2.45) is 5.73 Å². The summed E-state index contributed by atoms with van der Waals surface area (Å²) < 4.78 is 10.6. The van der Waals surface area contributed by atoms with Gasteiger partial charge in [0, 0.05) is 13.2 Å². The number of nitrogens with zero attached hydrogens (tertiary/aromatic N) is 1. The Morgan fingerprint density at radius 2 is 2.58 bits per heavy atom. The third kappa shape index (κ3) is 1.35. The second kappa shape index (κ2) is 3.25. The van der Waals surface area contributed by atoms with Crippen molar-refractivity contribution >= 4 is 0 Å². The van der Waals surface area contributed by atoms with Crippen molar-refractivity contribution in [3.63, 3.8) is 0 Å². The minimum Gasteiger partial charge on any atom is -0.446 e. The van der Waals surface area contributed by atoms with E-state index >= 15 is 0 Å². The lowest BCUT2D eigenvalue weighted by Gasteiger charge is -2.01. The molecule has 0 saturated carbocycles. The summed E-state index contributed by atoms with van der Waals surface area (Å²) in [7, 11) is 0. The van der Waals surface area contributed by atoms with Crippen molar-refractivity contribution in [1.82, 2.24) is 4.98 Å². The van der Waals surface area contributed by atoms with Crippen LogP contribution in [0.15, 0.2) is 10.7 Å². The number of aromatic nitrogens is 1. The number of oxazole rings is 1. The van der Waals surface area contributed by atoms with Crippen LogP contribution in [0.3, 0.4) is 0 Å². The zero-order chi connectivity index (χ0) is 8.39. The molecule has 1 unspecified atom stereocenters. The Morgan fingerprint density at radius 1 is 1.67 bits per heavy atom. The van der Waals surface area contributed by atoms with E-state index < -0.39 is 0 Å². The van der Waals surface area contributed by atoms with Gasteiger partial charge in [-0.2, -0.15) is 0 Å². The molecule has 0 radical (unpaired) electrons. The minimum atomic E-state index is 0.0605. The molecule has 0 bridgehead atoms. The van der Waals surface area contributed by atoms with E-state index in [0.717, 1.165) is 25.1 Å². The van der Waals surface area contributed by atoms with Crippen LogP contribution in [0, 0.1) is 0 Å². The summed E-state index contributed by atoms with van der Waals surface area (Å²) >= 11 is 0. The third-order valence-corrected chi connectivity index (χ3v) is 1.98. The zero-order valence-corrected chi connectivity index (χ0v) is 6.82. The van der Waals surface area contributed by atoms with Crippen LogP contribution in [-0.4, -0.2) is 11.6 Å². The van der Waals surface area contributed by atoms with Crippen molar-refractivity contribution < 1.29 is 9.15 Å². The third-order valence-electron chi connectivity index (χ3n) is 1.98. The van der Waals surface area contributed by atoms with Crippen molar-refractivity contribution in [3.8, 4) is 0 Å². The maximum Gasteiger partial charge on any atom is 0.223 e. The fourth-order valence-corrected chi connectivity index (χ4v) is 1.34. The van der Waals surface area contributed by atoms with E-state index in [1.807, 2.05) is 0 Å². The van der Waals surface area contributed by atoms with Crippen molar-refractivity contribution in [3.05, 3.63) is 17.8 Å². The highest BCUT2D eigenvalue weighted by Gasteiger charge is 2.22. The van der Waals surface area contributed by atoms with Gasteiger partial charge in [-0.1, -0.05) is 0 Å². The van der Waals surface area contributed by atoms with E-state index in [0.29, 0.717) is 12.4 Å². The highest BCUT2D eigenvalue weighted by atomic mass is 16.5. The van der Waals surface area contributed by atoms with E-state index in [1.54, 1.807) is 6.26 Å². The number of ether oxygens (including phenoxy) is 1. The summed E-state index contributed by atoms with van der Waals surface area (Å²) in [4.78, 5) is 4.19. The minimum absolute atomic E-state index is 0.0605. The van der Waals surface area contributed by atoms with Crippen molar-refractivity contribution in [2.75, 3.05) is 6.61 Å². The molecule has 1 aromatic rings. The van der Waals surface area contributed by atoms with Gasteiger partial charge in [-0.15, -0.1) is 0 Å². The Hall–Kier alpha value is -0.870. The molecule has 0 spiro atoms. The molecule has 0 aliphatic carbocycles. The molecule has 1 aliphatic heterocycles. The van der Waals surface area contributed by atoms with Crippen LogP contribution in [-0.2, 0) is 11.3 Å². The maximum absolute atomic E-state index is 5.40. The Kier molecular flexibility index (Phi) is 2.10. The Labute approximate surface area is 70.7 Å². The molecule has 66 valence electrons. The topological polar surface area (TPSA) is 61.3 Å². The Balaban J connectivity index is 2.11. The van der Waals surface area contributed by atoms with Crippen LogP contribution >= 0.6 is 0 Å². The van der Waals surface area contributed by atoms with E-state index in [9.17, 15) is 0 Å². The lowest BCUT2D eigenvalue weighted by molar-refractivity contribution is 0.0892. The number of rotatable bonds is 2. The Morgan fingerprint density at radius 3 is 3.17 bits per heavy atom. The largest absolute Gasteiger partial charge is 0.446 e. The monoisotopic (exact) mass is 168 g/mol. The van der Waals surface area contributed by atoms with Crippen molar-refractivity contribution in [1.29, 1.82) is 0 Å². The van der Waals surface area contributed by atoms with Gasteiger partial charge >= 0.3 is 0 Å². The van der Waals surface area contributed by atoms with Gasteiger partial charge in [0.1, 0.15) is 12.4 Å². The smallest absolute Gasteiger partial charge is 0.223 e. The van der Waals surface area contributed by atoms with Crippen LogP contribution in [0.1, 0.15) is 30.5 Å². The van der Waals surface area contributed by atoms with Gasteiger partial charge in [0.15, 0.2) is 0 Å². The molecule has 1 aliphatic rings. The number of hydrogen-bond acceptors (Lipinski definition) is 4. The fraction of sp³-hybridized carbons (Fsp3) is 0.625. The summed E-state index contributed by atoms with van der Waals surface area (Å²) in [5.74, 6) is 0.674. The summed E-state index contributed by atoms with van der Waals surface area (Å²) in [6.45, 7) is 1.24. The van der Waals surface area contributed by atoms with E-state index in [2.05, 4.69) is 4.98 Å². The Bertz CT molecular complexity index is 253. The lowest BCUT2D eigenvalue weighted by atomic mass is 10.2. The fourth-order valence-electron chi connectivity index (χ4n) is 1.34. The summed E-state index contributed by atoms with van der Waals surface area (Å²) in [5.41, 5.74) is 6.19. The first-order valence-corrected chi connectivity index (χ1v) is 4.16. The van der Waals surface area contributed by atoms with Crippen LogP contribution in [0.2, 0.25) is 0 Å². The van der Waals surface area contributed by atoms with Gasteiger partial charge in [-0.05, 0) is 12.8 Å². The van der Waals surface area contributed by atoms with Gasteiger partial charge in [0.2, 0.25) is 5.89 Å². The molecular formula is C8H12N2O2. The van der Waals surface area contributed by atoms with E-state index in [4.69, 9.17) is 14.9 Å². The molecule has 1 saturated heterocycles. The average Bonchev–Trinajstić information content (AvgIpc) is 2.75. The zero-order valence-electron chi connectivity index (χ0n) is 6.82. The molecule has 0 aromatic carbocycles. The van der Waals surface area contributed by atoms with Gasteiger partial charge < -0.3 is 14.9 Å². The molecule has 4 heteroatoms. The van der Waals surface area contributed by atoms with E-state index in [-0.39, 0.29) is 6.10 Å². The molecule has 0 amide bonds. The first-order chi connectivity index (χ1) is 5.90. The quantitative estimate of drug-likeness (QED) is 0.715. The van der Waals surface area contributed by atoms with Gasteiger partial charge in [-0.3, -0.25) is 0 Å². The molecule has 1 atom stereocenters. The van der Waals surface area contributed by atoms with E-state index in [1.165, 1.54) is 0 Å². The first kappa shape index (κ1) is 7.76. The molecule has 2 N–H and O–H groups in total. The number of hydrogen-bond donors (Lipinski definition) is 1. The first-order valence-electron chi connectivity index (χ1n) is 4.16. The molecule has 1 aromatic heterocycles. The van der Waals surface area contributed by atoms with Crippen LogP contribution in [0.5, 0.6) is 0 Å². The van der Waals surface area contributed by atoms with Crippen molar-refractivity contribution in [2.45, 2.75) is 25.5 Å². The van der Waals surface area contributed by atoms with Gasteiger partial charge in [-0.25, -0.2) is 4.98 Å². The molecule has 2 rings (SSSR count). The molecular weight excluding hydrogens is 156 g/mol. The predicted octanol–water partition coefficient (Wildman–Crippen LogP) is 0.985. The summed E-state index contributed by atoms with van der Waals surface area (Å²) in [6, 6.07) is 0. The second-order valence-electron chi connectivity index (χ2n) is 2.88. The highest BCUT2D eigenvalue weighted by Crippen LogP contribution is 2.27. The van der Waals surface area contributed by atoms with Crippen LogP contribution < -0.4 is 5.73 Å². The lowest BCUT2D eigenvalue weighted by Crippen LogP contribution is -1.99. The van der Waals surface area contributed by atoms with Crippen LogP contribution in [0.25, 0.3) is 0 Å². The van der Waals surface area contributed by atoms with Gasteiger partial charge in [0.25, 0.3) is 0 Å². The predicted molar refractivity (Wildman–Crippen MR) is 42.3 cm³/mol. The normalized spacial score (nSPS) is 23.2. The average molecular weight is 168 g/mol. The summed E-state index contributed by atoms with van der Waals surface area (Å²) in [6.07, 6.45) is 3.75. The standard InChI is InChI=1S/C8H12N2O2/c9-4-6-5-12-8(10-6)7-2-1-3-11-7/h5,7H,1-4,9H2. The van der Waals surface area contributed by atoms with Crippen LogP contribution in [0.4, 0.5) is 0 Å². The molecule has 4 nitrogen and oxygen atoms in total. The molecule has 1 fully saturated rings. The van der Waals surface area contributed by atoms with Gasteiger partial charge in [0.05, 0.1) is 5.69 Å². The molecule has 2 heterocycles.